The summed E-state index contributed by atoms with van der Waals surface area (Å²) >= 11 is 0. The summed E-state index contributed by atoms with van der Waals surface area (Å²) in [5.74, 6) is -5.52. The lowest BCUT2D eigenvalue weighted by Crippen LogP contribution is -2.37. The highest BCUT2D eigenvalue weighted by atomic mass is 32.2. The minimum atomic E-state index is -5.28. The van der Waals surface area contributed by atoms with Crippen LogP contribution in [0.5, 0.6) is 17.2 Å². The highest BCUT2D eigenvalue weighted by molar-refractivity contribution is 7.86. The number of benzene rings is 5. The summed E-state index contributed by atoms with van der Waals surface area (Å²) in [6, 6.07) is 17.4. The van der Waals surface area contributed by atoms with Gasteiger partial charge in [-0.15, -0.1) is 10.2 Å². The number of halogens is 3. The Hall–Kier alpha value is -7.58. The summed E-state index contributed by atoms with van der Waals surface area (Å²) in [6.07, 6.45) is -5.54. The lowest BCUT2D eigenvalue weighted by Gasteiger charge is -2.38. The third kappa shape index (κ3) is 13.8. The number of aromatic carboxylic acids is 1. The van der Waals surface area contributed by atoms with Crippen LogP contribution < -0.4 is 36.9 Å². The molecule has 26 nitrogen and oxygen atoms in total. The molecule has 0 saturated carbocycles. The van der Waals surface area contributed by atoms with Gasteiger partial charge in [0.25, 0.3) is 32.1 Å². The standard InChI is InChI=1S/C53H57F3N7O19PS2/c1-29(30-7-5-8-31(25-30)49(67)68)61-27-33(64)28-83(70,71)24-4-2-3-17-59-47(65)34-12-11-32(52(62-63-52)53(54,55)56)26-41(34)80-23-22-79-21-20-78-19-18-60-48(66)35-9-6-10-36-42(35)51(82-50(36)69)37-13-15-39(57)45(84(72,73)74)43(37)81-44-38(51)14-16-40(58)46(44)85(75,76)77/h5-16,25-26,29,33,61,64H,2-4,17-24,27-28,57-58H2,1H3,(H,59,65)(H,60,66)(H,67,68)(H,70,71)(H,72,73,74)(H,75,76,77)/t29-,33+/m1/s1. The fourth-order valence-corrected chi connectivity index (χ4v) is 13.0. The highest BCUT2D eigenvalue weighted by Gasteiger charge is 2.65. The van der Waals surface area contributed by atoms with E-state index in [-0.39, 0.29) is 122 Å². The first-order valence-corrected chi connectivity index (χ1v) is 30.8. The molecule has 0 aliphatic carbocycles. The number of hydrogen-bond acceptors (Lipinski definition) is 20. The number of nitrogens with one attached hydrogen (secondary N) is 3. The zero-order chi connectivity index (χ0) is 61.9. The Labute approximate surface area is 483 Å². The monoisotopic (exact) mass is 1250 g/mol. The molecule has 1 spiro atoms. The number of rotatable bonds is 28. The molecule has 456 valence electrons. The zero-order valence-electron chi connectivity index (χ0n) is 44.8. The molecule has 8 rings (SSSR count). The van der Waals surface area contributed by atoms with E-state index in [2.05, 4.69) is 26.2 Å². The number of carbonyl (C=O) groups excluding carboxylic acids is 3. The number of alkyl halides is 3. The van der Waals surface area contributed by atoms with Gasteiger partial charge in [0.2, 0.25) is 7.37 Å². The number of aliphatic hydroxyl groups excluding tert-OH is 1. The van der Waals surface area contributed by atoms with Crippen molar-refractivity contribution < 1.29 is 102 Å². The molecule has 5 aromatic rings. The molecule has 3 aliphatic rings. The van der Waals surface area contributed by atoms with Gasteiger partial charge in [-0.2, -0.15) is 30.0 Å². The van der Waals surface area contributed by atoms with Gasteiger partial charge in [-0.05, 0) is 86.0 Å². The van der Waals surface area contributed by atoms with Gasteiger partial charge >= 0.3 is 23.8 Å². The first kappa shape index (κ1) is 63.4. The number of fused-ring (bicyclic) bond motifs is 6. The van der Waals surface area contributed by atoms with Crippen LogP contribution in [0.1, 0.15) is 101 Å². The summed E-state index contributed by atoms with van der Waals surface area (Å²) in [4.78, 5) is 60.8. The molecule has 85 heavy (non-hydrogen) atoms. The maximum atomic E-state index is 14.0. The van der Waals surface area contributed by atoms with Gasteiger partial charge in [0.15, 0.2) is 26.9 Å². The molecule has 1 unspecified atom stereocenters. The second-order valence-electron chi connectivity index (χ2n) is 19.8. The molecule has 0 saturated heterocycles. The van der Waals surface area contributed by atoms with Gasteiger partial charge in [0.05, 0.1) is 66.8 Å². The molecule has 2 amide bonds. The number of anilines is 2. The summed E-state index contributed by atoms with van der Waals surface area (Å²) < 4.78 is 155. The Bertz CT molecular complexity index is 3670. The van der Waals surface area contributed by atoms with Gasteiger partial charge < -0.3 is 66.2 Å². The third-order valence-corrected chi connectivity index (χ3v) is 17.7. The fraction of sp³-hybridized carbons (Fsp3) is 0.358. The number of nitrogens with two attached hydrogens (primary N) is 2. The molecule has 3 atom stereocenters. The number of esters is 1. The fourth-order valence-electron chi connectivity index (χ4n) is 9.78. The molecule has 32 heteroatoms. The van der Waals surface area contributed by atoms with Crippen LogP contribution in [0.15, 0.2) is 105 Å². The number of ether oxygens (including phenoxy) is 5. The van der Waals surface area contributed by atoms with E-state index in [0.717, 1.165) is 30.3 Å². The predicted molar refractivity (Wildman–Crippen MR) is 293 cm³/mol. The van der Waals surface area contributed by atoms with Crippen molar-refractivity contribution in [1.29, 1.82) is 0 Å². The molecule has 0 fully saturated rings. The lowest BCUT2D eigenvalue weighted by molar-refractivity contribution is -0.166. The smallest absolute Gasteiger partial charge is 0.442 e. The van der Waals surface area contributed by atoms with Crippen LogP contribution in [-0.4, -0.2) is 142 Å². The van der Waals surface area contributed by atoms with E-state index < -0.39 is 113 Å². The highest BCUT2D eigenvalue weighted by Crippen LogP contribution is 2.60. The largest absolute Gasteiger partial charge is 0.490 e. The van der Waals surface area contributed by atoms with E-state index in [9.17, 15) is 78.0 Å². The number of aliphatic hydroxyl groups is 1. The van der Waals surface area contributed by atoms with Crippen LogP contribution in [0.2, 0.25) is 0 Å². The van der Waals surface area contributed by atoms with E-state index in [1.54, 1.807) is 19.1 Å². The zero-order valence-corrected chi connectivity index (χ0v) is 47.4. The molecule has 0 radical (unpaired) electrons. The molecule has 5 aromatic carbocycles. The van der Waals surface area contributed by atoms with Crippen molar-refractivity contribution in [1.82, 2.24) is 16.0 Å². The van der Waals surface area contributed by atoms with Crippen molar-refractivity contribution in [3.8, 4) is 17.2 Å². The van der Waals surface area contributed by atoms with E-state index in [1.807, 2.05) is 0 Å². The quantitative estimate of drug-likeness (QED) is 0.00969. The number of hydrogen-bond donors (Lipinski definition) is 10. The average Bonchev–Trinajstić information content (AvgIpc) is 1.69. The maximum Gasteiger partial charge on any atom is 0.442 e. The van der Waals surface area contributed by atoms with Gasteiger partial charge in [-0.3, -0.25) is 23.3 Å². The van der Waals surface area contributed by atoms with Crippen molar-refractivity contribution in [2.75, 3.05) is 76.5 Å². The Morgan fingerprint density at radius 2 is 1.38 bits per heavy atom. The Balaban J connectivity index is 0.818. The van der Waals surface area contributed by atoms with Gasteiger partial charge in [0, 0.05) is 59.7 Å². The van der Waals surface area contributed by atoms with Crippen LogP contribution in [0.25, 0.3) is 0 Å². The second-order valence-corrected chi connectivity index (χ2v) is 25.0. The Morgan fingerprint density at radius 1 is 0.776 bits per heavy atom. The number of nitrogen functional groups attached to an aromatic ring is 2. The van der Waals surface area contributed by atoms with E-state index in [0.29, 0.717) is 18.4 Å². The lowest BCUT2D eigenvalue weighted by atomic mass is 9.75. The second kappa shape index (κ2) is 25.2. The molecule has 3 aliphatic heterocycles. The molecule has 3 heterocycles. The van der Waals surface area contributed by atoms with Crippen molar-refractivity contribution in [2.24, 2.45) is 10.2 Å². The number of amides is 2. The van der Waals surface area contributed by atoms with Gasteiger partial charge in [-0.1, -0.05) is 30.7 Å². The van der Waals surface area contributed by atoms with Crippen molar-refractivity contribution in [3.63, 3.8) is 0 Å². The van der Waals surface area contributed by atoms with Crippen LogP contribution >= 0.6 is 7.37 Å². The number of carboxylic acids is 1. The molecule has 12 N–H and O–H groups in total. The molecular weight excluding hydrogens is 1190 g/mol. The van der Waals surface area contributed by atoms with Gasteiger partial charge in [0.1, 0.15) is 12.4 Å². The Kier molecular flexibility index (Phi) is 18.8. The molecule has 0 bridgehead atoms. The number of unbranched alkanes of at least 4 members (excludes halogenated alkanes) is 2. The van der Waals surface area contributed by atoms with E-state index in [4.69, 9.17) is 35.2 Å². The third-order valence-electron chi connectivity index (χ3n) is 13.9. The summed E-state index contributed by atoms with van der Waals surface area (Å²) in [5, 5.41) is 34.5. The summed E-state index contributed by atoms with van der Waals surface area (Å²) in [6.45, 7) is 0.989. The molecule has 0 aromatic heterocycles. The SMILES string of the molecule is C[C@@H](NC[C@H](O)CP(=O)(O)CCCCCNC(=O)c1ccc(C2(C(F)(F)F)N=N2)cc1OCCOCCOCCNC(=O)c1cccc2c1C1(OC2=O)c2ccc(N)c(S(=O)(=O)O)c2Oc2c1ccc(N)c2S(=O)(=O)O)c1cccc(C(=O)O)c1. The first-order valence-electron chi connectivity index (χ1n) is 25.9. The van der Waals surface area contributed by atoms with Crippen molar-refractivity contribution in [2.45, 2.75) is 65.6 Å². The minimum Gasteiger partial charge on any atom is -0.490 e. The summed E-state index contributed by atoms with van der Waals surface area (Å²) in [7, 11) is -14.3. The minimum absolute atomic E-state index is 0.0306. The Morgan fingerprint density at radius 3 is 1.99 bits per heavy atom. The normalized spacial score (nSPS) is 16.0. The van der Waals surface area contributed by atoms with Crippen LogP contribution in [0.3, 0.4) is 0 Å². The van der Waals surface area contributed by atoms with Crippen molar-refractivity contribution >= 4 is 62.7 Å². The van der Waals surface area contributed by atoms with Crippen molar-refractivity contribution in [3.05, 3.63) is 135 Å². The molecular formula is C53H57F3N7O19PS2. The number of carboxylic acid groups (broad SMARTS) is 1. The average molecular weight is 1250 g/mol. The first-order chi connectivity index (χ1) is 40.0. The van der Waals surface area contributed by atoms with Crippen LogP contribution in [-0.2, 0) is 50.3 Å². The number of carbonyl (C=O) groups is 4. The summed E-state index contributed by atoms with van der Waals surface area (Å²) in [5.41, 5.74) is 4.47. The van der Waals surface area contributed by atoms with E-state index >= 15 is 0 Å². The predicted octanol–water partition coefficient (Wildman–Crippen LogP) is 5.52. The maximum absolute atomic E-state index is 14.0. The van der Waals surface area contributed by atoms with Gasteiger partial charge in [-0.25, -0.2) is 9.59 Å². The van der Waals surface area contributed by atoms with Crippen LogP contribution in [0.4, 0.5) is 24.5 Å². The number of nitrogens with zero attached hydrogens (tertiary/aromatic N) is 2. The van der Waals surface area contributed by atoms with Crippen LogP contribution in [0, 0.1) is 0 Å². The topological polar surface area (TPSA) is 414 Å². The van der Waals surface area contributed by atoms with E-state index in [1.165, 1.54) is 42.5 Å².